The average Bonchev–Trinajstić information content (AvgIpc) is 2.74. The zero-order valence-corrected chi connectivity index (χ0v) is 17.4. The van der Waals surface area contributed by atoms with Crippen molar-refractivity contribution in [3.63, 3.8) is 0 Å². The number of amides is 2. The summed E-state index contributed by atoms with van der Waals surface area (Å²) < 4.78 is 0. The molecule has 31 heavy (non-hydrogen) atoms. The minimum atomic E-state index is -2.17. The molecule has 1 aromatic carbocycles. The van der Waals surface area contributed by atoms with Crippen molar-refractivity contribution in [3.05, 3.63) is 35.9 Å². The minimum Gasteiger partial charge on any atom is -0.481 e. The highest BCUT2D eigenvalue weighted by Crippen LogP contribution is 2.17. The van der Waals surface area contributed by atoms with Crippen LogP contribution in [0.4, 0.5) is 0 Å². The monoisotopic (exact) mass is 441 g/mol. The number of carboxylic acids is 1. The summed E-state index contributed by atoms with van der Waals surface area (Å²) in [4.78, 5) is 35.6. The van der Waals surface area contributed by atoms with Gasteiger partial charge in [-0.25, -0.2) is 0 Å². The number of carboxylic acid groups (broad SMARTS) is 1. The molecule has 11 heteroatoms. The molecular formula is C20H31N3O8. The molecule has 0 fully saturated rings. The molecule has 0 aliphatic carbocycles. The Labute approximate surface area is 179 Å². The molecule has 0 heterocycles. The summed E-state index contributed by atoms with van der Waals surface area (Å²) in [5.74, 6) is -3.26. The second kappa shape index (κ2) is 12.3. The Hall–Kier alpha value is -2.57. The topological polar surface area (TPSA) is 202 Å². The van der Waals surface area contributed by atoms with Gasteiger partial charge in [-0.05, 0) is 11.5 Å². The van der Waals surface area contributed by atoms with Gasteiger partial charge in [-0.1, -0.05) is 44.2 Å². The highest BCUT2D eigenvalue weighted by Gasteiger charge is 2.37. The summed E-state index contributed by atoms with van der Waals surface area (Å²) in [6.07, 6.45) is -6.65. The van der Waals surface area contributed by atoms with Gasteiger partial charge in [0.15, 0.2) is 6.10 Å². The Kier molecular flexibility index (Phi) is 10.5. The molecule has 9 N–H and O–H groups in total. The van der Waals surface area contributed by atoms with Gasteiger partial charge in [-0.3, -0.25) is 14.4 Å². The highest BCUT2D eigenvalue weighted by atomic mass is 16.4. The van der Waals surface area contributed by atoms with Crippen LogP contribution in [0.3, 0.4) is 0 Å². The first-order chi connectivity index (χ1) is 14.5. The number of benzene rings is 1. The SMILES string of the molecule is CC(C)[C@H](N)C(=O)N[C@@H](CO)[C@@H](O)[C@@H](O)[C@H](O)C(=O)N[C@@H](CC(=O)O)c1ccccc1. The van der Waals surface area contributed by atoms with E-state index in [0.29, 0.717) is 5.56 Å². The third kappa shape index (κ3) is 7.89. The summed E-state index contributed by atoms with van der Waals surface area (Å²) in [5.41, 5.74) is 6.16. The van der Waals surface area contributed by atoms with Gasteiger partial charge in [0.1, 0.15) is 12.2 Å². The van der Waals surface area contributed by atoms with Gasteiger partial charge in [0.25, 0.3) is 5.91 Å². The summed E-state index contributed by atoms with van der Waals surface area (Å²) in [6.45, 7) is 2.59. The largest absolute Gasteiger partial charge is 0.481 e. The van der Waals surface area contributed by atoms with Crippen LogP contribution >= 0.6 is 0 Å². The lowest BCUT2D eigenvalue weighted by Crippen LogP contribution is -2.59. The van der Waals surface area contributed by atoms with E-state index in [1.54, 1.807) is 44.2 Å². The smallest absolute Gasteiger partial charge is 0.305 e. The average molecular weight is 441 g/mol. The molecule has 0 radical (unpaired) electrons. The van der Waals surface area contributed by atoms with E-state index in [1.165, 1.54) is 0 Å². The van der Waals surface area contributed by atoms with Gasteiger partial charge in [0, 0.05) is 0 Å². The maximum absolute atomic E-state index is 12.4. The summed E-state index contributed by atoms with van der Waals surface area (Å²) in [7, 11) is 0. The lowest BCUT2D eigenvalue weighted by molar-refractivity contribution is -0.145. The zero-order chi connectivity index (χ0) is 23.7. The van der Waals surface area contributed by atoms with Crippen molar-refractivity contribution in [2.24, 2.45) is 11.7 Å². The van der Waals surface area contributed by atoms with Gasteiger partial charge < -0.3 is 41.9 Å². The number of rotatable bonds is 12. The second-order valence-corrected chi connectivity index (χ2v) is 7.56. The van der Waals surface area contributed by atoms with E-state index in [2.05, 4.69) is 10.6 Å². The van der Waals surface area contributed by atoms with E-state index in [0.717, 1.165) is 0 Å². The first kappa shape index (κ1) is 26.5. The van der Waals surface area contributed by atoms with Gasteiger partial charge in [-0.15, -0.1) is 0 Å². The Bertz CT molecular complexity index is 730. The number of carbonyl (C=O) groups is 3. The molecule has 1 aromatic rings. The molecule has 2 amide bonds. The number of aliphatic hydroxyl groups is 4. The van der Waals surface area contributed by atoms with E-state index in [9.17, 15) is 34.8 Å². The van der Waals surface area contributed by atoms with Crippen LogP contribution in [-0.4, -0.2) is 80.3 Å². The number of hydrogen-bond donors (Lipinski definition) is 8. The minimum absolute atomic E-state index is 0.234. The molecule has 11 nitrogen and oxygen atoms in total. The molecule has 0 aliphatic rings. The van der Waals surface area contributed by atoms with E-state index in [1.807, 2.05) is 0 Å². The molecule has 0 saturated carbocycles. The number of nitrogens with one attached hydrogen (secondary N) is 2. The van der Waals surface area contributed by atoms with Gasteiger partial charge >= 0.3 is 5.97 Å². The Balaban J connectivity index is 2.85. The molecule has 1 rings (SSSR count). The standard InChI is InChI=1S/C20H31N3O8/c1-10(2)15(21)19(30)23-13(9-24)16(27)17(28)18(29)20(31)22-12(8-14(25)26)11-6-4-3-5-7-11/h3-7,10,12-13,15-18,24,27-29H,8-9,21H2,1-2H3,(H,22,31)(H,23,30)(H,25,26)/t12-,13-,15-,16+,17+,18-/m0/s1. The van der Waals surface area contributed by atoms with Crippen LogP contribution in [0.5, 0.6) is 0 Å². The number of nitrogens with two attached hydrogens (primary N) is 1. The predicted octanol–water partition coefficient (Wildman–Crippen LogP) is -2.14. The first-order valence-electron chi connectivity index (χ1n) is 9.77. The maximum Gasteiger partial charge on any atom is 0.305 e. The molecule has 0 bridgehead atoms. The van der Waals surface area contributed by atoms with E-state index in [-0.39, 0.29) is 5.92 Å². The first-order valence-corrected chi connectivity index (χ1v) is 9.77. The van der Waals surface area contributed by atoms with Crippen LogP contribution in [0.1, 0.15) is 31.9 Å². The summed E-state index contributed by atoms with van der Waals surface area (Å²) >= 11 is 0. The molecule has 0 spiro atoms. The molecule has 0 aliphatic heterocycles. The van der Waals surface area contributed by atoms with Crippen LogP contribution < -0.4 is 16.4 Å². The maximum atomic E-state index is 12.4. The predicted molar refractivity (Wildman–Crippen MR) is 109 cm³/mol. The van der Waals surface area contributed by atoms with Crippen molar-refractivity contribution >= 4 is 17.8 Å². The molecule has 0 aromatic heterocycles. The number of aliphatic carboxylic acids is 1. The summed E-state index contributed by atoms with van der Waals surface area (Å²) in [6, 6.07) is 4.81. The highest BCUT2D eigenvalue weighted by molar-refractivity contribution is 5.83. The fourth-order valence-electron chi connectivity index (χ4n) is 2.77. The Morgan fingerprint density at radius 3 is 2.03 bits per heavy atom. The van der Waals surface area contributed by atoms with Crippen molar-refractivity contribution < 1.29 is 39.9 Å². The van der Waals surface area contributed by atoms with Crippen molar-refractivity contribution in [3.8, 4) is 0 Å². The normalized spacial score (nSPS) is 17.2. The number of carbonyl (C=O) groups excluding carboxylic acids is 2. The van der Waals surface area contributed by atoms with Crippen LogP contribution in [0.15, 0.2) is 30.3 Å². The van der Waals surface area contributed by atoms with Crippen LogP contribution in [0, 0.1) is 5.92 Å². The van der Waals surface area contributed by atoms with Gasteiger partial charge in [0.05, 0.1) is 31.2 Å². The molecule has 0 unspecified atom stereocenters. The fourth-order valence-corrected chi connectivity index (χ4v) is 2.77. The van der Waals surface area contributed by atoms with Crippen LogP contribution in [0.2, 0.25) is 0 Å². The van der Waals surface area contributed by atoms with Gasteiger partial charge in [0.2, 0.25) is 5.91 Å². The zero-order valence-electron chi connectivity index (χ0n) is 17.4. The van der Waals surface area contributed by atoms with Crippen molar-refractivity contribution in [2.75, 3.05) is 6.61 Å². The Morgan fingerprint density at radius 1 is 0.968 bits per heavy atom. The molecular weight excluding hydrogens is 410 g/mol. The van der Waals surface area contributed by atoms with E-state index >= 15 is 0 Å². The lowest BCUT2D eigenvalue weighted by Gasteiger charge is -2.30. The van der Waals surface area contributed by atoms with Crippen molar-refractivity contribution in [1.29, 1.82) is 0 Å². The van der Waals surface area contributed by atoms with E-state index < -0.39 is 67.2 Å². The third-order valence-electron chi connectivity index (χ3n) is 4.80. The van der Waals surface area contributed by atoms with E-state index in [4.69, 9.17) is 10.8 Å². The molecule has 174 valence electrons. The van der Waals surface area contributed by atoms with Crippen molar-refractivity contribution in [1.82, 2.24) is 10.6 Å². The summed E-state index contributed by atoms with van der Waals surface area (Å²) in [5, 5.41) is 53.8. The lowest BCUT2D eigenvalue weighted by atomic mass is 9.98. The van der Waals surface area contributed by atoms with Gasteiger partial charge in [-0.2, -0.15) is 0 Å². The molecule has 6 atom stereocenters. The quantitative estimate of drug-likeness (QED) is 0.178. The Morgan fingerprint density at radius 2 is 1.55 bits per heavy atom. The fraction of sp³-hybridized carbons (Fsp3) is 0.550. The number of hydrogen-bond acceptors (Lipinski definition) is 8. The molecule has 0 saturated heterocycles. The van der Waals surface area contributed by atoms with Crippen LogP contribution in [-0.2, 0) is 14.4 Å². The second-order valence-electron chi connectivity index (χ2n) is 7.56. The van der Waals surface area contributed by atoms with Crippen molar-refractivity contribution in [2.45, 2.75) is 56.7 Å². The third-order valence-corrected chi connectivity index (χ3v) is 4.80. The number of aliphatic hydroxyl groups excluding tert-OH is 4. The van der Waals surface area contributed by atoms with Crippen LogP contribution in [0.25, 0.3) is 0 Å².